The van der Waals surface area contributed by atoms with Crippen LogP contribution in [-0.4, -0.2) is 0 Å². The van der Waals surface area contributed by atoms with Crippen LogP contribution >= 0.6 is 11.3 Å². The van der Waals surface area contributed by atoms with E-state index in [1.807, 2.05) is 11.3 Å². The third-order valence-corrected chi connectivity index (χ3v) is 17.3. The lowest BCUT2D eigenvalue weighted by Crippen LogP contribution is -2.28. The van der Waals surface area contributed by atoms with Crippen LogP contribution < -0.4 is 4.90 Å². The number of benzene rings is 11. The van der Waals surface area contributed by atoms with Crippen molar-refractivity contribution in [3.8, 4) is 44.5 Å². The number of hydrogen-bond acceptors (Lipinski definition) is 3. The Morgan fingerprint density at radius 3 is 1.82 bits per heavy atom. The highest BCUT2D eigenvalue weighted by molar-refractivity contribution is 7.25. The van der Waals surface area contributed by atoms with Gasteiger partial charge in [-0.05, 0) is 121 Å². The smallest absolute Gasteiger partial charge is 0.135 e. The molecule has 0 saturated heterocycles. The molecule has 11 aromatic carbocycles. The lowest BCUT2D eigenvalue weighted by molar-refractivity contribution is 0.660. The number of furan rings is 1. The molecule has 2 aliphatic rings. The second-order valence-electron chi connectivity index (χ2n) is 20.3. The average Bonchev–Trinajstić information content (AvgIpc) is 4.21. The molecule has 2 aromatic heterocycles. The SMILES string of the molecule is CC1(C)c2ccccc2-c2c(-c3ccccc3N(c3ccc4c(c3)C(c3ccccc3)(c3ccc5oc6ccccc6c5c3)c3ccccc3-4)c3ccccc3-c3ccc4c(c3)sc3ccccc34)cccc21. The van der Waals surface area contributed by atoms with Gasteiger partial charge in [-0.15, -0.1) is 11.3 Å². The fourth-order valence-corrected chi connectivity index (χ4v) is 14.1. The Kier molecular flexibility index (Phi) is 9.12. The van der Waals surface area contributed by atoms with Gasteiger partial charge in [0.1, 0.15) is 11.2 Å². The molecule has 0 bridgehead atoms. The lowest BCUT2D eigenvalue weighted by Gasteiger charge is -2.35. The molecule has 73 heavy (non-hydrogen) atoms. The molecule has 2 heterocycles. The Labute approximate surface area is 428 Å². The molecule has 0 amide bonds. The van der Waals surface area contributed by atoms with Crippen LogP contribution in [0.2, 0.25) is 0 Å². The minimum Gasteiger partial charge on any atom is -0.456 e. The molecule has 13 aromatic rings. The van der Waals surface area contributed by atoms with Gasteiger partial charge in [0.2, 0.25) is 0 Å². The Morgan fingerprint density at radius 2 is 0.973 bits per heavy atom. The van der Waals surface area contributed by atoms with E-state index in [0.29, 0.717) is 0 Å². The van der Waals surface area contributed by atoms with Crippen molar-refractivity contribution in [2.45, 2.75) is 24.7 Å². The Morgan fingerprint density at radius 1 is 0.356 bits per heavy atom. The molecule has 344 valence electrons. The predicted molar refractivity (Wildman–Crippen MR) is 307 cm³/mol. The molecule has 0 aliphatic heterocycles. The summed E-state index contributed by atoms with van der Waals surface area (Å²) in [5, 5.41) is 4.83. The van der Waals surface area contributed by atoms with Crippen molar-refractivity contribution < 1.29 is 4.42 Å². The molecule has 2 nitrogen and oxygen atoms in total. The van der Waals surface area contributed by atoms with Crippen LogP contribution in [0.15, 0.2) is 253 Å². The van der Waals surface area contributed by atoms with Crippen molar-refractivity contribution in [1.82, 2.24) is 0 Å². The normalized spacial score (nSPS) is 15.2. The van der Waals surface area contributed by atoms with E-state index in [2.05, 4.69) is 267 Å². The lowest BCUT2D eigenvalue weighted by atomic mass is 9.67. The largest absolute Gasteiger partial charge is 0.456 e. The summed E-state index contributed by atoms with van der Waals surface area (Å²) in [4.78, 5) is 2.55. The van der Waals surface area contributed by atoms with E-state index in [1.165, 1.54) is 92.5 Å². The van der Waals surface area contributed by atoms with E-state index in [0.717, 1.165) is 44.6 Å². The van der Waals surface area contributed by atoms with Gasteiger partial charge in [0.15, 0.2) is 0 Å². The summed E-state index contributed by atoms with van der Waals surface area (Å²) in [7, 11) is 0. The Bertz CT molecular complexity index is 4380. The maximum Gasteiger partial charge on any atom is 0.135 e. The summed E-state index contributed by atoms with van der Waals surface area (Å²) in [6.45, 7) is 4.75. The van der Waals surface area contributed by atoms with Crippen molar-refractivity contribution in [1.29, 1.82) is 0 Å². The standard InChI is InChI=1S/C70H47NOS/c1-69(2)58-28-12-7-26-56(58)68-55(27-18-30-60(68)69)51-23-9-15-32-63(51)71(62-31-14-8-21-48(62)44-35-38-54-53-25-11-17-34-66(53)73-67(54)41-44)47-37-39-50-49-22-6-13-29-59(49)70(61(50)43-47,45-19-4-3-5-20-45)46-36-40-65-57(42-46)52-24-10-16-33-64(52)72-65/h3-43H,1-2H3. The van der Waals surface area contributed by atoms with Gasteiger partial charge in [-0.3, -0.25) is 0 Å². The highest BCUT2D eigenvalue weighted by Crippen LogP contribution is 2.59. The fourth-order valence-electron chi connectivity index (χ4n) is 12.9. The monoisotopic (exact) mass is 949 g/mol. The topological polar surface area (TPSA) is 16.4 Å². The molecular formula is C70H47NOS. The van der Waals surface area contributed by atoms with Crippen LogP contribution in [-0.2, 0) is 10.8 Å². The highest BCUT2D eigenvalue weighted by atomic mass is 32.1. The minimum absolute atomic E-state index is 0.143. The van der Waals surface area contributed by atoms with Gasteiger partial charge in [0.25, 0.3) is 0 Å². The van der Waals surface area contributed by atoms with E-state index in [1.54, 1.807) is 0 Å². The first kappa shape index (κ1) is 42.0. The summed E-state index contributed by atoms with van der Waals surface area (Å²) < 4.78 is 9.07. The fraction of sp³-hybridized carbons (Fsp3) is 0.0571. The summed E-state index contributed by atoms with van der Waals surface area (Å²) in [5.41, 5.74) is 21.8. The van der Waals surface area contributed by atoms with Crippen molar-refractivity contribution in [2.75, 3.05) is 4.90 Å². The van der Waals surface area contributed by atoms with Crippen molar-refractivity contribution in [3.05, 3.63) is 282 Å². The number of nitrogens with zero attached hydrogens (tertiary/aromatic N) is 1. The first-order valence-corrected chi connectivity index (χ1v) is 26.1. The average molecular weight is 950 g/mol. The summed E-state index contributed by atoms with van der Waals surface area (Å²) in [5.74, 6) is 0. The zero-order valence-corrected chi connectivity index (χ0v) is 41.3. The molecule has 0 fully saturated rings. The van der Waals surface area contributed by atoms with Crippen LogP contribution in [0.1, 0.15) is 47.2 Å². The number of rotatable bonds is 7. The van der Waals surface area contributed by atoms with Gasteiger partial charge in [-0.25, -0.2) is 0 Å². The van der Waals surface area contributed by atoms with E-state index < -0.39 is 5.41 Å². The molecule has 0 spiro atoms. The van der Waals surface area contributed by atoms with Crippen LogP contribution in [0.25, 0.3) is 86.6 Å². The van der Waals surface area contributed by atoms with Gasteiger partial charge in [0, 0.05) is 53.2 Å². The first-order chi connectivity index (χ1) is 36.0. The van der Waals surface area contributed by atoms with Gasteiger partial charge in [-0.1, -0.05) is 208 Å². The van der Waals surface area contributed by atoms with E-state index in [-0.39, 0.29) is 5.41 Å². The first-order valence-electron chi connectivity index (χ1n) is 25.3. The van der Waals surface area contributed by atoms with Gasteiger partial charge >= 0.3 is 0 Å². The molecule has 0 N–H and O–H groups in total. The maximum atomic E-state index is 6.48. The van der Waals surface area contributed by atoms with Crippen LogP contribution in [0.3, 0.4) is 0 Å². The number of hydrogen-bond donors (Lipinski definition) is 0. The number of anilines is 3. The number of thiophene rings is 1. The number of fused-ring (bicyclic) bond motifs is 12. The molecule has 1 unspecified atom stereocenters. The Hall–Kier alpha value is -8.76. The summed E-state index contributed by atoms with van der Waals surface area (Å²) >= 11 is 1.87. The predicted octanol–water partition coefficient (Wildman–Crippen LogP) is 19.4. The van der Waals surface area contributed by atoms with Gasteiger partial charge in [0.05, 0.1) is 16.8 Å². The zero-order valence-electron chi connectivity index (χ0n) is 40.4. The third-order valence-electron chi connectivity index (χ3n) is 16.2. The van der Waals surface area contributed by atoms with Crippen molar-refractivity contribution in [3.63, 3.8) is 0 Å². The second kappa shape index (κ2) is 15.9. The summed E-state index contributed by atoms with van der Waals surface area (Å²) in [6.07, 6.45) is 0. The molecular weight excluding hydrogens is 903 g/mol. The quantitative estimate of drug-likeness (QED) is 0.158. The molecule has 3 heteroatoms. The zero-order chi connectivity index (χ0) is 48.4. The van der Waals surface area contributed by atoms with Crippen molar-refractivity contribution in [2.24, 2.45) is 0 Å². The molecule has 15 rings (SSSR count). The molecule has 1 atom stereocenters. The van der Waals surface area contributed by atoms with Crippen LogP contribution in [0.4, 0.5) is 17.1 Å². The van der Waals surface area contributed by atoms with Gasteiger partial charge < -0.3 is 9.32 Å². The van der Waals surface area contributed by atoms with E-state index in [9.17, 15) is 0 Å². The molecule has 0 saturated carbocycles. The van der Waals surface area contributed by atoms with Crippen molar-refractivity contribution >= 4 is 70.5 Å². The minimum atomic E-state index is -0.664. The number of para-hydroxylation sites is 3. The van der Waals surface area contributed by atoms with Gasteiger partial charge in [-0.2, -0.15) is 0 Å². The molecule has 0 radical (unpaired) electrons. The van der Waals surface area contributed by atoms with Crippen LogP contribution in [0, 0.1) is 0 Å². The third kappa shape index (κ3) is 6.04. The molecule has 2 aliphatic carbocycles. The summed E-state index contributed by atoms with van der Waals surface area (Å²) in [6, 6.07) is 92.6. The Balaban J connectivity index is 1.02. The maximum absolute atomic E-state index is 6.48. The van der Waals surface area contributed by atoms with Crippen LogP contribution in [0.5, 0.6) is 0 Å². The highest BCUT2D eigenvalue weighted by Gasteiger charge is 2.47. The second-order valence-corrected chi connectivity index (χ2v) is 21.4. The van der Waals surface area contributed by atoms with E-state index in [4.69, 9.17) is 4.42 Å². The van der Waals surface area contributed by atoms with E-state index >= 15 is 0 Å².